The largest absolute Gasteiger partial charge is 0.335 e. The van der Waals surface area contributed by atoms with Gasteiger partial charge in [0.15, 0.2) is 0 Å². The molecule has 2 radical (unpaired) electrons. The zero-order valence-corrected chi connectivity index (χ0v) is 7.45. The molecule has 0 amide bonds. The Hall–Kier alpha value is -1.20. The Labute approximate surface area is 81.6 Å². The molecular weight excluding hydrogens is 187 g/mol. The summed E-state index contributed by atoms with van der Waals surface area (Å²) in [5.41, 5.74) is 0.430. The van der Waals surface area contributed by atoms with Gasteiger partial charge in [-0.15, -0.1) is 0 Å². The molecule has 1 saturated heterocycles. The van der Waals surface area contributed by atoms with E-state index in [4.69, 9.17) is 7.85 Å². The van der Waals surface area contributed by atoms with Crippen molar-refractivity contribution in [3.05, 3.63) is 12.4 Å². The number of anilines is 1. The Morgan fingerprint density at radius 2 is 2.00 bits per heavy atom. The minimum atomic E-state index is -2.62. The van der Waals surface area contributed by atoms with Crippen molar-refractivity contribution >= 4 is 19.3 Å². The number of rotatable bonds is 1. The average molecular weight is 195 g/mol. The molecule has 1 aliphatic rings. The first-order valence-corrected chi connectivity index (χ1v) is 4.27. The molecule has 1 aliphatic heterocycles. The summed E-state index contributed by atoms with van der Waals surface area (Å²) in [6.07, 6.45) is 2.69. The van der Waals surface area contributed by atoms with E-state index in [1.807, 2.05) is 0 Å². The van der Waals surface area contributed by atoms with Crippen molar-refractivity contribution in [1.29, 1.82) is 0 Å². The molecule has 0 spiro atoms. The lowest BCUT2D eigenvalue weighted by molar-refractivity contribution is 0.0256. The third-order valence-electron chi connectivity index (χ3n) is 2.11. The third kappa shape index (κ3) is 1.83. The molecule has 1 aromatic rings. The van der Waals surface area contributed by atoms with Crippen LogP contribution in [0, 0.1) is 0 Å². The van der Waals surface area contributed by atoms with E-state index in [-0.39, 0.29) is 19.5 Å². The molecule has 6 heteroatoms. The van der Waals surface area contributed by atoms with E-state index in [1.54, 1.807) is 0 Å². The van der Waals surface area contributed by atoms with Gasteiger partial charge in [0.1, 0.15) is 7.85 Å². The van der Waals surface area contributed by atoms with Gasteiger partial charge in [0.25, 0.3) is 5.92 Å². The van der Waals surface area contributed by atoms with Gasteiger partial charge >= 0.3 is 0 Å². The zero-order chi connectivity index (χ0) is 10.2. The molecule has 0 bridgehead atoms. The van der Waals surface area contributed by atoms with E-state index >= 15 is 0 Å². The van der Waals surface area contributed by atoms with Crippen molar-refractivity contribution in [3.8, 4) is 0 Å². The molecule has 2 rings (SSSR count). The van der Waals surface area contributed by atoms with Crippen molar-refractivity contribution < 1.29 is 8.78 Å². The summed E-state index contributed by atoms with van der Waals surface area (Å²) in [4.78, 5) is 9.22. The Balaban J connectivity index is 2.14. The van der Waals surface area contributed by atoms with E-state index in [2.05, 4.69) is 9.97 Å². The van der Waals surface area contributed by atoms with Gasteiger partial charge in [-0.25, -0.2) is 18.7 Å². The Morgan fingerprint density at radius 3 is 2.50 bits per heavy atom. The zero-order valence-electron chi connectivity index (χ0n) is 7.45. The Morgan fingerprint density at radius 1 is 1.36 bits per heavy atom. The van der Waals surface area contributed by atoms with Crippen LogP contribution in [0.4, 0.5) is 14.7 Å². The Bertz CT molecular complexity index is 328. The molecule has 1 fully saturated rings. The van der Waals surface area contributed by atoms with E-state index in [0.29, 0.717) is 11.4 Å². The molecule has 0 aromatic carbocycles. The summed E-state index contributed by atoms with van der Waals surface area (Å²) in [6.45, 7) is -0.0200. The standard InChI is InChI=1S/C8H8BF2N3/c9-6-3-12-7(13-4-6)14-2-1-8(10,11)5-14/h3-4H,1-2,5H2. The SMILES string of the molecule is [B]c1cnc(N2CCC(F)(F)C2)nc1. The maximum absolute atomic E-state index is 12.8. The fourth-order valence-corrected chi connectivity index (χ4v) is 1.40. The molecule has 0 unspecified atom stereocenters. The van der Waals surface area contributed by atoms with Gasteiger partial charge < -0.3 is 4.90 Å². The summed E-state index contributed by atoms with van der Waals surface area (Å²) in [5.74, 6) is -2.30. The molecule has 1 aromatic heterocycles. The van der Waals surface area contributed by atoms with Crippen LogP contribution in [0.15, 0.2) is 12.4 Å². The van der Waals surface area contributed by atoms with Gasteiger partial charge in [-0.2, -0.15) is 0 Å². The topological polar surface area (TPSA) is 29.0 Å². The first kappa shape index (κ1) is 9.36. The van der Waals surface area contributed by atoms with Crippen LogP contribution in [0.5, 0.6) is 0 Å². The second-order valence-corrected chi connectivity index (χ2v) is 3.34. The fraction of sp³-hybridized carbons (Fsp3) is 0.500. The van der Waals surface area contributed by atoms with Crippen molar-refractivity contribution in [2.75, 3.05) is 18.0 Å². The van der Waals surface area contributed by atoms with Gasteiger partial charge in [0, 0.05) is 25.4 Å². The molecule has 0 aliphatic carbocycles. The number of halogens is 2. The van der Waals surface area contributed by atoms with Crippen LogP contribution >= 0.6 is 0 Å². The number of alkyl halides is 2. The lowest BCUT2D eigenvalue weighted by atomic mass is 10.0. The third-order valence-corrected chi connectivity index (χ3v) is 2.11. The van der Waals surface area contributed by atoms with Gasteiger partial charge in [0.05, 0.1) is 6.54 Å². The average Bonchev–Trinajstić information content (AvgIpc) is 2.47. The number of hydrogen-bond acceptors (Lipinski definition) is 3. The number of hydrogen-bond donors (Lipinski definition) is 0. The van der Waals surface area contributed by atoms with E-state index < -0.39 is 5.92 Å². The second-order valence-electron chi connectivity index (χ2n) is 3.34. The second kappa shape index (κ2) is 3.18. The molecule has 72 valence electrons. The van der Waals surface area contributed by atoms with Crippen molar-refractivity contribution in [3.63, 3.8) is 0 Å². The predicted octanol–water partition coefficient (Wildman–Crippen LogP) is 0.116. The highest BCUT2D eigenvalue weighted by Gasteiger charge is 2.39. The molecule has 14 heavy (non-hydrogen) atoms. The smallest absolute Gasteiger partial charge is 0.267 e. The minimum Gasteiger partial charge on any atom is -0.335 e. The monoisotopic (exact) mass is 195 g/mol. The Kier molecular flexibility index (Phi) is 2.13. The summed E-state index contributed by atoms with van der Waals surface area (Å²) >= 11 is 0. The van der Waals surface area contributed by atoms with Crippen molar-refractivity contribution in [1.82, 2.24) is 9.97 Å². The van der Waals surface area contributed by atoms with E-state index in [9.17, 15) is 8.78 Å². The van der Waals surface area contributed by atoms with Crippen LogP contribution in [0.25, 0.3) is 0 Å². The van der Waals surface area contributed by atoms with E-state index in [0.717, 1.165) is 0 Å². The lowest BCUT2D eigenvalue weighted by Crippen LogP contribution is -2.27. The number of aromatic nitrogens is 2. The first-order chi connectivity index (χ1) is 6.57. The molecule has 0 saturated carbocycles. The highest BCUT2D eigenvalue weighted by Crippen LogP contribution is 2.28. The molecule has 0 atom stereocenters. The van der Waals surface area contributed by atoms with Crippen molar-refractivity contribution in [2.45, 2.75) is 12.3 Å². The summed E-state index contributed by atoms with van der Waals surface area (Å²) in [7, 11) is 5.39. The van der Waals surface area contributed by atoms with Crippen LogP contribution < -0.4 is 10.4 Å². The van der Waals surface area contributed by atoms with Crippen LogP contribution in [0.1, 0.15) is 6.42 Å². The summed E-state index contributed by atoms with van der Waals surface area (Å²) < 4.78 is 25.7. The predicted molar refractivity (Wildman–Crippen MR) is 49.2 cm³/mol. The number of nitrogens with zero attached hydrogens (tertiary/aromatic N) is 3. The highest BCUT2D eigenvalue weighted by molar-refractivity contribution is 6.31. The van der Waals surface area contributed by atoms with Crippen LogP contribution in [-0.4, -0.2) is 36.8 Å². The van der Waals surface area contributed by atoms with Crippen LogP contribution in [0.2, 0.25) is 0 Å². The summed E-state index contributed by atoms with van der Waals surface area (Å²) in [5, 5.41) is 0. The minimum absolute atomic E-state index is 0.138. The van der Waals surface area contributed by atoms with Crippen molar-refractivity contribution in [2.24, 2.45) is 0 Å². The van der Waals surface area contributed by atoms with Crippen LogP contribution in [0.3, 0.4) is 0 Å². The van der Waals surface area contributed by atoms with Gasteiger partial charge in [-0.3, -0.25) is 0 Å². The molecular formula is C8H8BF2N3. The van der Waals surface area contributed by atoms with Gasteiger partial charge in [-0.1, -0.05) is 5.46 Å². The maximum Gasteiger partial charge on any atom is 0.267 e. The van der Waals surface area contributed by atoms with Gasteiger partial charge in [-0.05, 0) is 0 Å². The normalized spacial score (nSPS) is 20.0. The molecule has 2 heterocycles. The lowest BCUT2D eigenvalue weighted by Gasteiger charge is -2.15. The first-order valence-electron chi connectivity index (χ1n) is 4.27. The van der Waals surface area contributed by atoms with Crippen LogP contribution in [-0.2, 0) is 0 Å². The molecule has 0 N–H and O–H groups in total. The van der Waals surface area contributed by atoms with E-state index in [1.165, 1.54) is 17.3 Å². The molecule has 3 nitrogen and oxygen atoms in total. The van der Waals surface area contributed by atoms with Gasteiger partial charge in [0.2, 0.25) is 5.95 Å². The summed E-state index contributed by atoms with van der Waals surface area (Å²) in [6, 6.07) is 0. The fourth-order valence-electron chi connectivity index (χ4n) is 1.40. The quantitative estimate of drug-likeness (QED) is 0.595. The maximum atomic E-state index is 12.8. The highest BCUT2D eigenvalue weighted by atomic mass is 19.3.